The highest BCUT2D eigenvalue weighted by molar-refractivity contribution is 4.61. The Morgan fingerprint density at radius 1 is 1.45 bits per heavy atom. The first kappa shape index (κ1) is 10.8. The molecule has 4 heteroatoms. The van der Waals surface area contributed by atoms with Gasteiger partial charge in [-0.25, -0.2) is 8.78 Å². The van der Waals surface area contributed by atoms with Gasteiger partial charge in [0.15, 0.2) is 0 Å². The van der Waals surface area contributed by atoms with Gasteiger partial charge in [0.2, 0.25) is 0 Å². The van der Waals surface area contributed by atoms with Crippen molar-refractivity contribution in [1.29, 1.82) is 0 Å². The van der Waals surface area contributed by atoms with Gasteiger partial charge in [0, 0.05) is 13.2 Å². The lowest BCUT2D eigenvalue weighted by Crippen LogP contribution is -2.34. The van der Waals surface area contributed by atoms with Crippen molar-refractivity contribution in [1.82, 2.24) is 5.32 Å². The fourth-order valence-electron chi connectivity index (χ4n) is 0.592. The standard InChI is InChI=1S/C7H15F2NO/c1-3-11-5-4-10-6(2)7(8)9/h6-7,10H,3-5H2,1-2H3. The van der Waals surface area contributed by atoms with Crippen molar-refractivity contribution in [2.24, 2.45) is 0 Å². The second-order valence-electron chi connectivity index (χ2n) is 2.27. The van der Waals surface area contributed by atoms with Crippen LogP contribution < -0.4 is 5.32 Å². The van der Waals surface area contributed by atoms with E-state index in [9.17, 15) is 8.78 Å². The lowest BCUT2D eigenvalue weighted by atomic mass is 10.3. The Kier molecular flexibility index (Phi) is 6.36. The van der Waals surface area contributed by atoms with Gasteiger partial charge in [-0.3, -0.25) is 0 Å². The normalized spacial score (nSPS) is 13.9. The molecule has 0 fully saturated rings. The predicted octanol–water partition coefficient (Wildman–Crippen LogP) is 1.27. The maximum Gasteiger partial charge on any atom is 0.253 e. The van der Waals surface area contributed by atoms with E-state index in [0.717, 1.165) is 0 Å². The van der Waals surface area contributed by atoms with Crippen molar-refractivity contribution < 1.29 is 13.5 Å². The topological polar surface area (TPSA) is 21.3 Å². The Bertz CT molecular complexity index is 90.5. The third kappa shape index (κ3) is 6.19. The molecule has 1 unspecified atom stereocenters. The molecule has 11 heavy (non-hydrogen) atoms. The van der Waals surface area contributed by atoms with Crippen molar-refractivity contribution in [3.63, 3.8) is 0 Å². The van der Waals surface area contributed by atoms with Crippen LogP contribution in [-0.2, 0) is 4.74 Å². The predicted molar refractivity (Wildman–Crippen MR) is 40.0 cm³/mol. The summed E-state index contributed by atoms with van der Waals surface area (Å²) in [6.07, 6.45) is -2.29. The maximum atomic E-state index is 11.8. The second kappa shape index (κ2) is 6.49. The second-order valence-corrected chi connectivity index (χ2v) is 2.27. The lowest BCUT2D eigenvalue weighted by Gasteiger charge is -2.11. The van der Waals surface area contributed by atoms with Crippen molar-refractivity contribution in [3.05, 3.63) is 0 Å². The summed E-state index contributed by atoms with van der Waals surface area (Å²) >= 11 is 0. The van der Waals surface area contributed by atoms with E-state index in [1.54, 1.807) is 0 Å². The molecule has 0 heterocycles. The van der Waals surface area contributed by atoms with E-state index < -0.39 is 12.5 Å². The van der Waals surface area contributed by atoms with Crippen LogP contribution in [0.15, 0.2) is 0 Å². The molecule has 1 N–H and O–H groups in total. The highest BCUT2D eigenvalue weighted by atomic mass is 19.3. The van der Waals surface area contributed by atoms with E-state index in [1.165, 1.54) is 6.92 Å². The molecule has 0 aliphatic rings. The zero-order valence-corrected chi connectivity index (χ0v) is 6.94. The third-order valence-corrected chi connectivity index (χ3v) is 1.29. The molecule has 0 rings (SSSR count). The molecule has 0 aromatic heterocycles. The number of halogens is 2. The van der Waals surface area contributed by atoms with Gasteiger partial charge in [-0.2, -0.15) is 0 Å². The summed E-state index contributed by atoms with van der Waals surface area (Å²) in [5, 5.41) is 2.64. The Morgan fingerprint density at radius 3 is 2.55 bits per heavy atom. The number of hydrogen-bond donors (Lipinski definition) is 1. The van der Waals surface area contributed by atoms with Crippen LogP contribution in [0.4, 0.5) is 8.78 Å². The Labute approximate surface area is 65.9 Å². The van der Waals surface area contributed by atoms with E-state index in [0.29, 0.717) is 19.8 Å². The third-order valence-electron chi connectivity index (χ3n) is 1.29. The van der Waals surface area contributed by atoms with Gasteiger partial charge in [-0.05, 0) is 13.8 Å². The monoisotopic (exact) mass is 167 g/mol. The van der Waals surface area contributed by atoms with Crippen LogP contribution in [0.25, 0.3) is 0 Å². The van der Waals surface area contributed by atoms with Crippen LogP contribution in [0.1, 0.15) is 13.8 Å². The minimum absolute atomic E-state index is 0.485. The number of rotatable bonds is 6. The molecule has 68 valence electrons. The molecular weight excluding hydrogens is 152 g/mol. The van der Waals surface area contributed by atoms with Crippen LogP contribution in [-0.4, -0.2) is 32.2 Å². The average molecular weight is 167 g/mol. The van der Waals surface area contributed by atoms with Crippen molar-refractivity contribution in [3.8, 4) is 0 Å². The summed E-state index contributed by atoms with van der Waals surface area (Å²) in [4.78, 5) is 0. The van der Waals surface area contributed by atoms with Crippen LogP contribution in [0.3, 0.4) is 0 Å². The van der Waals surface area contributed by atoms with E-state index in [2.05, 4.69) is 5.32 Å². The van der Waals surface area contributed by atoms with E-state index in [4.69, 9.17) is 4.74 Å². The molecule has 0 amide bonds. The van der Waals surface area contributed by atoms with Crippen LogP contribution in [0.2, 0.25) is 0 Å². The molecular formula is C7H15F2NO. The molecule has 0 saturated heterocycles. The minimum Gasteiger partial charge on any atom is -0.380 e. The first-order chi connectivity index (χ1) is 5.18. The number of hydrogen-bond acceptors (Lipinski definition) is 2. The molecule has 1 atom stereocenters. The van der Waals surface area contributed by atoms with Gasteiger partial charge in [0.25, 0.3) is 6.43 Å². The molecule has 0 spiro atoms. The molecule has 0 aromatic rings. The summed E-state index contributed by atoms with van der Waals surface area (Å²) in [6.45, 7) is 4.94. The van der Waals surface area contributed by atoms with Crippen molar-refractivity contribution >= 4 is 0 Å². The fourth-order valence-corrected chi connectivity index (χ4v) is 0.592. The van der Waals surface area contributed by atoms with Crippen molar-refractivity contribution in [2.45, 2.75) is 26.3 Å². The maximum absolute atomic E-state index is 11.8. The lowest BCUT2D eigenvalue weighted by molar-refractivity contribution is 0.0948. The van der Waals surface area contributed by atoms with Crippen LogP contribution >= 0.6 is 0 Å². The summed E-state index contributed by atoms with van der Waals surface area (Å²) in [7, 11) is 0. The van der Waals surface area contributed by atoms with Gasteiger partial charge in [0.05, 0.1) is 12.6 Å². The highest BCUT2D eigenvalue weighted by Crippen LogP contribution is 1.97. The molecule has 0 aromatic carbocycles. The van der Waals surface area contributed by atoms with Gasteiger partial charge in [0.1, 0.15) is 0 Å². The molecule has 0 aliphatic carbocycles. The highest BCUT2D eigenvalue weighted by Gasteiger charge is 2.12. The van der Waals surface area contributed by atoms with Gasteiger partial charge in [-0.15, -0.1) is 0 Å². The van der Waals surface area contributed by atoms with E-state index >= 15 is 0 Å². The van der Waals surface area contributed by atoms with Gasteiger partial charge < -0.3 is 10.1 Å². The fraction of sp³-hybridized carbons (Fsp3) is 1.00. The Hall–Kier alpha value is -0.220. The quantitative estimate of drug-likeness (QED) is 0.601. The summed E-state index contributed by atoms with van der Waals surface area (Å²) in [5.74, 6) is 0. The molecule has 0 bridgehead atoms. The summed E-state index contributed by atoms with van der Waals surface area (Å²) in [5.41, 5.74) is 0. The average Bonchev–Trinajstić information content (AvgIpc) is 1.97. The SMILES string of the molecule is CCOCCNC(C)C(F)F. The minimum atomic E-state index is -2.29. The first-order valence-corrected chi connectivity index (χ1v) is 3.77. The zero-order valence-electron chi connectivity index (χ0n) is 6.94. The smallest absolute Gasteiger partial charge is 0.253 e. The van der Waals surface area contributed by atoms with Crippen LogP contribution in [0.5, 0.6) is 0 Å². The van der Waals surface area contributed by atoms with Gasteiger partial charge in [-0.1, -0.05) is 0 Å². The molecule has 0 aliphatic heterocycles. The van der Waals surface area contributed by atoms with Crippen molar-refractivity contribution in [2.75, 3.05) is 19.8 Å². The van der Waals surface area contributed by atoms with Gasteiger partial charge >= 0.3 is 0 Å². The first-order valence-electron chi connectivity index (χ1n) is 3.77. The molecule has 0 saturated carbocycles. The van der Waals surface area contributed by atoms with Crippen LogP contribution in [0, 0.1) is 0 Å². The Morgan fingerprint density at radius 2 is 2.09 bits per heavy atom. The summed E-state index contributed by atoms with van der Waals surface area (Å²) < 4.78 is 28.6. The number of ether oxygens (including phenoxy) is 1. The molecule has 0 radical (unpaired) electrons. The number of alkyl halides is 2. The largest absolute Gasteiger partial charge is 0.380 e. The van der Waals surface area contributed by atoms with E-state index in [1.807, 2.05) is 6.92 Å². The van der Waals surface area contributed by atoms with E-state index in [-0.39, 0.29) is 0 Å². The summed E-state index contributed by atoms with van der Waals surface area (Å²) in [6, 6.07) is -0.740. The molecule has 2 nitrogen and oxygen atoms in total. The Balaban J connectivity index is 3.10. The number of nitrogens with one attached hydrogen (secondary N) is 1. The zero-order chi connectivity index (χ0) is 8.69.